The van der Waals surface area contributed by atoms with Gasteiger partial charge in [-0.2, -0.15) is 0 Å². The van der Waals surface area contributed by atoms with Crippen molar-refractivity contribution in [2.45, 2.75) is 62.9 Å². The van der Waals surface area contributed by atoms with Crippen molar-refractivity contribution in [3.8, 4) is 0 Å². The third-order valence-corrected chi connectivity index (χ3v) is 5.93. The minimum atomic E-state index is -1.31. The van der Waals surface area contributed by atoms with Crippen LogP contribution < -0.4 is 5.32 Å². The number of nitrogens with one attached hydrogen (secondary N) is 1. The van der Waals surface area contributed by atoms with Crippen molar-refractivity contribution in [1.29, 1.82) is 0 Å². The van der Waals surface area contributed by atoms with Crippen LogP contribution >= 0.6 is 0 Å². The second-order valence-electron chi connectivity index (χ2n) is 8.57. The molecule has 2 aliphatic heterocycles. The van der Waals surface area contributed by atoms with E-state index in [0.717, 1.165) is 5.56 Å². The monoisotopic (exact) mass is 438 g/mol. The third-order valence-electron chi connectivity index (χ3n) is 5.93. The molecule has 0 aromatic heterocycles. The molecule has 2 heterocycles. The third kappa shape index (κ3) is 5.16. The number of carbonyl (C=O) groups excluding carboxylic acids is 2. The lowest BCUT2D eigenvalue weighted by atomic mass is 9.97. The number of hydrogen-bond donors (Lipinski definition) is 1. The lowest BCUT2D eigenvalue weighted by molar-refractivity contribution is -0.227. The van der Waals surface area contributed by atoms with Crippen LogP contribution in [0.3, 0.4) is 0 Å². The zero-order chi connectivity index (χ0) is 22.6. The molecule has 3 unspecified atom stereocenters. The van der Waals surface area contributed by atoms with Crippen molar-refractivity contribution in [3.05, 3.63) is 35.9 Å². The van der Waals surface area contributed by atoms with Crippen molar-refractivity contribution in [1.82, 2.24) is 10.2 Å². The Labute approximate surface area is 182 Å². The van der Waals surface area contributed by atoms with E-state index in [4.69, 9.17) is 18.9 Å². The fourth-order valence-corrected chi connectivity index (χ4v) is 4.12. The van der Waals surface area contributed by atoms with Gasteiger partial charge in [-0.05, 0) is 25.8 Å². The number of fused-ring (bicyclic) bond motifs is 1. The average molecular weight is 438 g/mol. The summed E-state index contributed by atoms with van der Waals surface area (Å²) in [5.41, 5.74) is 0.192. The van der Waals surface area contributed by atoms with Crippen LogP contribution in [0, 0.1) is 0 Å². The van der Waals surface area contributed by atoms with E-state index in [9.17, 15) is 14.0 Å². The van der Waals surface area contributed by atoms with Gasteiger partial charge in [0.2, 0.25) is 11.7 Å². The van der Waals surface area contributed by atoms with E-state index in [1.807, 2.05) is 44.2 Å². The van der Waals surface area contributed by atoms with Crippen LogP contribution in [0.1, 0.15) is 32.3 Å². The van der Waals surface area contributed by atoms with E-state index in [-0.39, 0.29) is 32.1 Å². The SMILES string of the molecule is COC1(OC)COC2C(F)CN(C(=O)CCC(C)(C)NC(=O)OCc3ccccc3)C21. The molecule has 2 amide bonds. The molecule has 172 valence electrons. The van der Waals surface area contributed by atoms with Gasteiger partial charge in [-0.15, -0.1) is 0 Å². The summed E-state index contributed by atoms with van der Waals surface area (Å²) in [5.74, 6) is -1.43. The molecule has 0 aliphatic carbocycles. The fourth-order valence-electron chi connectivity index (χ4n) is 4.12. The van der Waals surface area contributed by atoms with Crippen molar-refractivity contribution in [2.75, 3.05) is 27.4 Å². The van der Waals surface area contributed by atoms with Gasteiger partial charge in [0.15, 0.2) is 0 Å². The molecular weight excluding hydrogens is 407 g/mol. The highest BCUT2D eigenvalue weighted by atomic mass is 19.1. The highest BCUT2D eigenvalue weighted by molar-refractivity contribution is 5.77. The maximum Gasteiger partial charge on any atom is 0.407 e. The quantitative estimate of drug-likeness (QED) is 0.628. The van der Waals surface area contributed by atoms with Gasteiger partial charge in [0.05, 0.1) is 6.54 Å². The molecule has 3 rings (SSSR count). The van der Waals surface area contributed by atoms with Crippen LogP contribution in [-0.2, 0) is 30.3 Å². The molecule has 0 spiro atoms. The number of alkyl halides is 1. The van der Waals surface area contributed by atoms with E-state index in [0.29, 0.717) is 6.42 Å². The molecular formula is C22H31FN2O6. The Morgan fingerprint density at radius 1 is 1.26 bits per heavy atom. The summed E-state index contributed by atoms with van der Waals surface area (Å²) < 4.78 is 36.2. The summed E-state index contributed by atoms with van der Waals surface area (Å²) in [4.78, 5) is 26.5. The number of carbonyl (C=O) groups is 2. The first-order chi connectivity index (χ1) is 14.7. The number of methoxy groups -OCH3 is 2. The van der Waals surface area contributed by atoms with E-state index in [1.165, 1.54) is 19.1 Å². The van der Waals surface area contributed by atoms with Gasteiger partial charge in [-0.25, -0.2) is 9.18 Å². The van der Waals surface area contributed by atoms with E-state index in [1.54, 1.807) is 0 Å². The summed E-state index contributed by atoms with van der Waals surface area (Å²) in [6.07, 6.45) is -2.17. The van der Waals surface area contributed by atoms with Gasteiger partial charge >= 0.3 is 6.09 Å². The topological polar surface area (TPSA) is 86.3 Å². The van der Waals surface area contributed by atoms with Gasteiger partial charge in [0, 0.05) is 26.2 Å². The fraction of sp³-hybridized carbons (Fsp3) is 0.636. The molecule has 0 radical (unpaired) electrons. The first-order valence-electron chi connectivity index (χ1n) is 10.4. The number of hydrogen-bond acceptors (Lipinski definition) is 6. The lowest BCUT2D eigenvalue weighted by Crippen LogP contribution is -2.55. The largest absolute Gasteiger partial charge is 0.445 e. The molecule has 2 fully saturated rings. The standard InChI is InChI=1S/C22H31FN2O6/c1-21(2,24-20(27)30-13-15-8-6-5-7-9-15)11-10-17(26)25-12-16(23)18-19(25)22(28-3,29-4)14-31-18/h5-9,16,18-19H,10-14H2,1-4H3,(H,24,27). The van der Waals surface area contributed by atoms with Crippen LogP contribution in [0.2, 0.25) is 0 Å². The Hall–Kier alpha value is -2.23. The smallest absolute Gasteiger partial charge is 0.407 e. The Bertz CT molecular complexity index is 771. The van der Waals surface area contributed by atoms with Gasteiger partial charge in [-0.3, -0.25) is 4.79 Å². The molecule has 1 aromatic carbocycles. The molecule has 31 heavy (non-hydrogen) atoms. The highest BCUT2D eigenvalue weighted by Crippen LogP contribution is 2.40. The summed E-state index contributed by atoms with van der Waals surface area (Å²) in [6.45, 7) is 3.76. The first kappa shape index (κ1) is 23.4. The summed E-state index contributed by atoms with van der Waals surface area (Å²) in [6, 6.07) is 8.70. The van der Waals surface area contributed by atoms with Crippen molar-refractivity contribution < 1.29 is 32.9 Å². The Morgan fingerprint density at radius 2 is 1.94 bits per heavy atom. The van der Waals surface area contributed by atoms with Crippen molar-refractivity contribution in [2.24, 2.45) is 0 Å². The number of ether oxygens (including phenoxy) is 4. The molecule has 1 aromatic rings. The molecule has 3 atom stereocenters. The first-order valence-corrected chi connectivity index (χ1v) is 10.4. The second kappa shape index (κ2) is 9.50. The predicted molar refractivity (Wildman–Crippen MR) is 110 cm³/mol. The molecule has 0 bridgehead atoms. The summed E-state index contributed by atoms with van der Waals surface area (Å²) in [7, 11) is 2.91. The molecule has 2 aliphatic rings. The lowest BCUT2D eigenvalue weighted by Gasteiger charge is -2.36. The van der Waals surface area contributed by atoms with E-state index >= 15 is 0 Å². The normalized spacial score (nSPS) is 24.7. The maximum atomic E-state index is 14.5. The molecule has 1 N–H and O–H groups in total. The van der Waals surface area contributed by atoms with Crippen LogP contribution in [0.5, 0.6) is 0 Å². The van der Waals surface area contributed by atoms with E-state index in [2.05, 4.69) is 5.32 Å². The second-order valence-corrected chi connectivity index (χ2v) is 8.57. The highest BCUT2D eigenvalue weighted by Gasteiger charge is 2.61. The zero-order valence-corrected chi connectivity index (χ0v) is 18.4. The molecule has 0 saturated carbocycles. The molecule has 2 saturated heterocycles. The summed E-state index contributed by atoms with van der Waals surface area (Å²) in [5, 5.41) is 2.79. The number of rotatable bonds is 8. The van der Waals surface area contributed by atoms with Gasteiger partial charge in [-0.1, -0.05) is 30.3 Å². The zero-order valence-electron chi connectivity index (χ0n) is 18.4. The Kier molecular flexibility index (Phi) is 7.18. The van der Waals surface area contributed by atoms with E-state index < -0.39 is 35.7 Å². The van der Waals surface area contributed by atoms with Gasteiger partial charge in [0.1, 0.15) is 31.5 Å². The van der Waals surface area contributed by atoms with Gasteiger partial charge in [0.25, 0.3) is 0 Å². The van der Waals surface area contributed by atoms with Crippen LogP contribution in [0.25, 0.3) is 0 Å². The predicted octanol–water partition coefficient (Wildman–Crippen LogP) is 2.41. The number of alkyl carbamates (subject to hydrolysis) is 1. The number of benzene rings is 1. The molecule has 8 nitrogen and oxygen atoms in total. The molecule has 9 heteroatoms. The van der Waals surface area contributed by atoms with Crippen LogP contribution in [0.4, 0.5) is 9.18 Å². The van der Waals surface area contributed by atoms with Gasteiger partial charge < -0.3 is 29.2 Å². The number of halogens is 1. The number of amides is 2. The Balaban J connectivity index is 1.53. The maximum absolute atomic E-state index is 14.5. The van der Waals surface area contributed by atoms with Crippen molar-refractivity contribution in [3.63, 3.8) is 0 Å². The average Bonchev–Trinajstić information content (AvgIpc) is 3.30. The Morgan fingerprint density at radius 3 is 2.58 bits per heavy atom. The van der Waals surface area contributed by atoms with Crippen molar-refractivity contribution >= 4 is 12.0 Å². The van der Waals surface area contributed by atoms with Crippen LogP contribution in [-0.4, -0.2) is 73.9 Å². The summed E-state index contributed by atoms with van der Waals surface area (Å²) >= 11 is 0. The number of likely N-dealkylation sites (tertiary alicyclic amines) is 1. The minimum absolute atomic E-state index is 0.0554. The minimum Gasteiger partial charge on any atom is -0.445 e. The van der Waals surface area contributed by atoms with Crippen LogP contribution in [0.15, 0.2) is 30.3 Å². The number of nitrogens with zero attached hydrogens (tertiary/aromatic N) is 1.